The zero-order valence-electron chi connectivity index (χ0n) is 12.5. The number of sulfonamides is 1. The van der Waals surface area contributed by atoms with Crippen molar-refractivity contribution in [2.75, 3.05) is 18.8 Å². The molecule has 2 N–H and O–H groups in total. The van der Waals surface area contributed by atoms with Crippen LogP contribution in [0.1, 0.15) is 38.7 Å². The highest BCUT2D eigenvalue weighted by molar-refractivity contribution is 7.89. The maximum Gasteiger partial charge on any atom is 0.243 e. The van der Waals surface area contributed by atoms with E-state index in [1.54, 1.807) is 22.5 Å². The van der Waals surface area contributed by atoms with Gasteiger partial charge in [-0.3, -0.25) is 0 Å². The molecule has 1 heterocycles. The van der Waals surface area contributed by atoms with Crippen molar-refractivity contribution in [2.24, 2.45) is 5.41 Å². The number of aryl methyl sites for hydroxylation is 1. The molecule has 0 saturated carbocycles. The predicted molar refractivity (Wildman–Crippen MR) is 82.0 cm³/mol. The molecule has 4 nitrogen and oxygen atoms in total. The summed E-state index contributed by atoms with van der Waals surface area (Å²) in [5, 5.41) is 0. The van der Waals surface area contributed by atoms with Crippen LogP contribution in [0.25, 0.3) is 0 Å². The summed E-state index contributed by atoms with van der Waals surface area (Å²) in [5.41, 5.74) is 7.42. The van der Waals surface area contributed by atoms with Crippen LogP contribution in [-0.4, -0.2) is 25.8 Å². The number of anilines is 1. The summed E-state index contributed by atoms with van der Waals surface area (Å²) in [4.78, 5) is 0.309. The van der Waals surface area contributed by atoms with Crippen LogP contribution in [0.2, 0.25) is 0 Å². The summed E-state index contributed by atoms with van der Waals surface area (Å²) in [7, 11) is -3.42. The number of nitrogens with two attached hydrogens (primary N) is 1. The first-order valence-electron chi connectivity index (χ1n) is 7.21. The average Bonchev–Trinajstić information content (AvgIpc) is 2.87. The molecule has 0 amide bonds. The standard InChI is InChI=1S/C15H24N2O2S/c1-4-15(5-2)8-9-17(11-15)20(18,19)13-7-6-12(3)14(16)10-13/h6-7,10H,4-5,8-9,11,16H2,1-3H3. The fraction of sp³-hybridized carbons (Fsp3) is 0.600. The number of hydrogen-bond acceptors (Lipinski definition) is 3. The van der Waals surface area contributed by atoms with E-state index < -0.39 is 10.0 Å². The molecule has 1 saturated heterocycles. The summed E-state index contributed by atoms with van der Waals surface area (Å²) in [6, 6.07) is 4.99. The van der Waals surface area contributed by atoms with E-state index >= 15 is 0 Å². The van der Waals surface area contributed by atoms with Crippen molar-refractivity contribution in [3.8, 4) is 0 Å². The van der Waals surface area contributed by atoms with Crippen molar-refractivity contribution in [1.82, 2.24) is 4.31 Å². The molecule has 0 spiro atoms. The Labute approximate surface area is 122 Å². The molecule has 1 aliphatic rings. The molecule has 0 aromatic heterocycles. The molecule has 0 radical (unpaired) electrons. The second kappa shape index (κ2) is 5.37. The molecule has 0 bridgehead atoms. The van der Waals surface area contributed by atoms with Crippen molar-refractivity contribution in [2.45, 2.75) is 44.9 Å². The van der Waals surface area contributed by atoms with Gasteiger partial charge in [-0.15, -0.1) is 0 Å². The number of nitrogens with zero attached hydrogens (tertiary/aromatic N) is 1. The number of nitrogen functional groups attached to an aromatic ring is 1. The van der Waals surface area contributed by atoms with E-state index in [2.05, 4.69) is 13.8 Å². The van der Waals surface area contributed by atoms with Crippen LogP contribution in [0, 0.1) is 12.3 Å². The van der Waals surface area contributed by atoms with Gasteiger partial charge in [-0.25, -0.2) is 8.42 Å². The minimum atomic E-state index is -3.42. The van der Waals surface area contributed by atoms with E-state index in [0.717, 1.165) is 24.8 Å². The predicted octanol–water partition coefficient (Wildman–Crippen LogP) is 2.78. The highest BCUT2D eigenvalue weighted by Gasteiger charge is 2.40. The molecule has 1 fully saturated rings. The fourth-order valence-electron chi connectivity index (χ4n) is 2.85. The molecule has 0 aliphatic carbocycles. The lowest BCUT2D eigenvalue weighted by Gasteiger charge is -2.26. The van der Waals surface area contributed by atoms with Gasteiger partial charge >= 0.3 is 0 Å². The lowest BCUT2D eigenvalue weighted by molar-refractivity contribution is 0.279. The van der Waals surface area contributed by atoms with Crippen LogP contribution < -0.4 is 5.73 Å². The van der Waals surface area contributed by atoms with Gasteiger partial charge in [0.05, 0.1) is 4.90 Å². The highest BCUT2D eigenvalue weighted by atomic mass is 32.2. The number of benzene rings is 1. The smallest absolute Gasteiger partial charge is 0.243 e. The van der Waals surface area contributed by atoms with Gasteiger partial charge in [-0.1, -0.05) is 19.9 Å². The number of hydrogen-bond donors (Lipinski definition) is 1. The van der Waals surface area contributed by atoms with E-state index in [0.29, 0.717) is 23.7 Å². The van der Waals surface area contributed by atoms with Gasteiger partial charge in [0.2, 0.25) is 10.0 Å². The van der Waals surface area contributed by atoms with E-state index in [1.807, 2.05) is 6.92 Å². The lowest BCUT2D eigenvalue weighted by atomic mass is 9.82. The Kier molecular flexibility index (Phi) is 4.12. The fourth-order valence-corrected chi connectivity index (χ4v) is 4.44. The van der Waals surface area contributed by atoms with Gasteiger partial charge in [0.1, 0.15) is 0 Å². The first kappa shape index (κ1) is 15.3. The van der Waals surface area contributed by atoms with Gasteiger partial charge in [0, 0.05) is 18.8 Å². The first-order valence-corrected chi connectivity index (χ1v) is 8.65. The summed E-state index contributed by atoms with van der Waals surface area (Å²) in [5.74, 6) is 0. The van der Waals surface area contributed by atoms with Gasteiger partial charge in [0.15, 0.2) is 0 Å². The van der Waals surface area contributed by atoms with Crippen LogP contribution >= 0.6 is 0 Å². The summed E-state index contributed by atoms with van der Waals surface area (Å²) < 4.78 is 27.0. The normalized spacial score (nSPS) is 19.4. The third-order valence-electron chi connectivity index (χ3n) is 4.79. The summed E-state index contributed by atoms with van der Waals surface area (Å²) >= 11 is 0. The van der Waals surface area contributed by atoms with Crippen molar-refractivity contribution in [3.63, 3.8) is 0 Å². The Morgan fingerprint density at radius 3 is 2.45 bits per heavy atom. The van der Waals surface area contributed by atoms with Gasteiger partial charge in [-0.05, 0) is 49.3 Å². The topological polar surface area (TPSA) is 63.4 Å². The monoisotopic (exact) mass is 296 g/mol. The highest BCUT2D eigenvalue weighted by Crippen LogP contribution is 2.39. The summed E-state index contributed by atoms with van der Waals surface area (Å²) in [6.45, 7) is 7.39. The minimum Gasteiger partial charge on any atom is -0.398 e. The minimum absolute atomic E-state index is 0.142. The zero-order chi connectivity index (χ0) is 15.0. The van der Waals surface area contributed by atoms with Crippen LogP contribution in [0.5, 0.6) is 0 Å². The second-order valence-corrected chi connectivity index (χ2v) is 7.75. The van der Waals surface area contributed by atoms with Crippen molar-refractivity contribution in [3.05, 3.63) is 23.8 Å². The molecule has 112 valence electrons. The molecule has 0 atom stereocenters. The van der Waals surface area contributed by atoms with Gasteiger partial charge in [0.25, 0.3) is 0 Å². The maximum atomic E-state index is 12.7. The van der Waals surface area contributed by atoms with Gasteiger partial charge in [-0.2, -0.15) is 4.31 Å². The third kappa shape index (κ3) is 2.56. The molecular weight excluding hydrogens is 272 g/mol. The molecule has 1 aromatic carbocycles. The lowest BCUT2D eigenvalue weighted by Crippen LogP contribution is -2.32. The van der Waals surface area contributed by atoms with Crippen molar-refractivity contribution in [1.29, 1.82) is 0 Å². The third-order valence-corrected chi connectivity index (χ3v) is 6.63. The van der Waals surface area contributed by atoms with Crippen LogP contribution in [0.15, 0.2) is 23.1 Å². The maximum absolute atomic E-state index is 12.7. The Morgan fingerprint density at radius 2 is 1.95 bits per heavy atom. The average molecular weight is 296 g/mol. The van der Waals surface area contributed by atoms with Crippen LogP contribution in [-0.2, 0) is 10.0 Å². The largest absolute Gasteiger partial charge is 0.398 e. The quantitative estimate of drug-likeness (QED) is 0.869. The summed E-state index contributed by atoms with van der Waals surface area (Å²) in [6.07, 6.45) is 2.98. The van der Waals surface area contributed by atoms with Crippen LogP contribution in [0.4, 0.5) is 5.69 Å². The van der Waals surface area contributed by atoms with E-state index in [1.165, 1.54) is 0 Å². The van der Waals surface area contributed by atoms with E-state index in [9.17, 15) is 8.42 Å². The molecule has 0 unspecified atom stereocenters. The Hall–Kier alpha value is -1.07. The van der Waals surface area contributed by atoms with Gasteiger partial charge < -0.3 is 5.73 Å². The molecule has 20 heavy (non-hydrogen) atoms. The molecule has 5 heteroatoms. The van der Waals surface area contributed by atoms with Crippen molar-refractivity contribution >= 4 is 15.7 Å². The molecule has 2 rings (SSSR count). The van der Waals surface area contributed by atoms with Crippen molar-refractivity contribution < 1.29 is 8.42 Å². The Bertz CT molecular complexity index is 592. The van der Waals surface area contributed by atoms with Crippen LogP contribution in [0.3, 0.4) is 0 Å². The van der Waals surface area contributed by atoms with E-state index in [-0.39, 0.29) is 5.41 Å². The Morgan fingerprint density at radius 1 is 1.30 bits per heavy atom. The SMILES string of the molecule is CCC1(CC)CCN(S(=O)(=O)c2ccc(C)c(N)c2)C1. The number of rotatable bonds is 4. The zero-order valence-corrected chi connectivity index (χ0v) is 13.3. The molecule has 1 aliphatic heterocycles. The first-order chi connectivity index (χ1) is 9.34. The molecular formula is C15H24N2O2S. The Balaban J connectivity index is 2.30. The van der Waals surface area contributed by atoms with E-state index in [4.69, 9.17) is 5.73 Å². The second-order valence-electron chi connectivity index (χ2n) is 5.81. The molecule has 1 aromatic rings.